The van der Waals surface area contributed by atoms with Gasteiger partial charge in [0.05, 0.1) is 0 Å². The van der Waals surface area contributed by atoms with Crippen LogP contribution in [0.4, 0.5) is 0 Å². The first-order valence-electron chi connectivity index (χ1n) is 5.76. The number of nitrogens with two attached hydrogens (primary N) is 1. The molecule has 2 unspecified atom stereocenters. The second-order valence-electron chi connectivity index (χ2n) is 4.09. The van der Waals surface area contributed by atoms with Gasteiger partial charge in [0.2, 0.25) is 5.91 Å². The van der Waals surface area contributed by atoms with Crippen molar-refractivity contribution in [3.8, 4) is 0 Å². The van der Waals surface area contributed by atoms with Crippen LogP contribution in [0.3, 0.4) is 0 Å². The zero-order valence-corrected chi connectivity index (χ0v) is 9.83. The van der Waals surface area contributed by atoms with E-state index in [1.807, 2.05) is 6.92 Å². The fraction of sp³-hybridized carbons (Fsp3) is 0.909. The van der Waals surface area contributed by atoms with E-state index in [0.29, 0.717) is 6.42 Å². The zero-order valence-electron chi connectivity index (χ0n) is 9.83. The molecule has 0 aromatic heterocycles. The molecule has 0 aromatic rings. The highest BCUT2D eigenvalue weighted by Gasteiger charge is 2.10. The molecular formula is C11H24N2O2. The van der Waals surface area contributed by atoms with Crippen LogP contribution in [-0.2, 0) is 4.79 Å². The first kappa shape index (κ1) is 14.4. The number of hydrogen-bond donors (Lipinski definition) is 3. The van der Waals surface area contributed by atoms with E-state index in [2.05, 4.69) is 12.2 Å². The smallest absolute Gasteiger partial charge is 0.221 e. The van der Waals surface area contributed by atoms with Crippen molar-refractivity contribution in [3.63, 3.8) is 0 Å². The maximum Gasteiger partial charge on any atom is 0.221 e. The van der Waals surface area contributed by atoms with Gasteiger partial charge in [0.15, 0.2) is 0 Å². The number of hydrogen-bond acceptors (Lipinski definition) is 3. The molecule has 2 atom stereocenters. The maximum absolute atomic E-state index is 11.4. The van der Waals surface area contributed by atoms with Crippen LogP contribution in [0.5, 0.6) is 0 Å². The van der Waals surface area contributed by atoms with Crippen LogP contribution in [0, 0.1) is 0 Å². The Balaban J connectivity index is 3.63. The van der Waals surface area contributed by atoms with Gasteiger partial charge in [0.1, 0.15) is 0 Å². The summed E-state index contributed by atoms with van der Waals surface area (Å²) in [5.74, 6) is 0.0152. The summed E-state index contributed by atoms with van der Waals surface area (Å²) >= 11 is 0. The summed E-state index contributed by atoms with van der Waals surface area (Å²) in [5, 5.41) is 11.5. The quantitative estimate of drug-likeness (QED) is 0.561. The second kappa shape index (κ2) is 8.68. The summed E-state index contributed by atoms with van der Waals surface area (Å²) in [5.41, 5.74) is 5.76. The summed E-state index contributed by atoms with van der Waals surface area (Å²) in [4.78, 5) is 11.4. The van der Waals surface area contributed by atoms with Gasteiger partial charge < -0.3 is 16.2 Å². The van der Waals surface area contributed by atoms with Gasteiger partial charge in [-0.25, -0.2) is 0 Å². The van der Waals surface area contributed by atoms with Gasteiger partial charge in [-0.2, -0.15) is 0 Å². The Hall–Kier alpha value is -0.610. The lowest BCUT2D eigenvalue weighted by Crippen LogP contribution is -2.36. The molecule has 15 heavy (non-hydrogen) atoms. The molecular weight excluding hydrogens is 192 g/mol. The van der Waals surface area contributed by atoms with Crippen molar-refractivity contribution in [2.45, 2.75) is 58.0 Å². The molecule has 0 aromatic carbocycles. The standard InChI is InChI=1S/C11H24N2O2/c1-3-5-10(12)8-11(15)13-9(2)6-4-7-14/h9-10,14H,3-8,12H2,1-2H3,(H,13,15). The van der Waals surface area contributed by atoms with Crippen molar-refractivity contribution in [3.05, 3.63) is 0 Å². The minimum absolute atomic E-state index is 0.0152. The van der Waals surface area contributed by atoms with Crippen LogP contribution in [0.15, 0.2) is 0 Å². The fourth-order valence-corrected chi connectivity index (χ4v) is 1.51. The Morgan fingerprint density at radius 2 is 2.13 bits per heavy atom. The van der Waals surface area contributed by atoms with Gasteiger partial charge in [0, 0.05) is 25.1 Å². The van der Waals surface area contributed by atoms with E-state index in [-0.39, 0.29) is 24.6 Å². The number of amides is 1. The Morgan fingerprint density at radius 1 is 1.47 bits per heavy atom. The molecule has 0 aliphatic heterocycles. The Morgan fingerprint density at radius 3 is 2.67 bits per heavy atom. The minimum Gasteiger partial charge on any atom is -0.396 e. The van der Waals surface area contributed by atoms with Crippen LogP contribution in [-0.4, -0.2) is 29.7 Å². The third kappa shape index (κ3) is 8.39. The van der Waals surface area contributed by atoms with E-state index < -0.39 is 0 Å². The third-order valence-electron chi connectivity index (χ3n) is 2.31. The molecule has 0 aliphatic rings. The van der Waals surface area contributed by atoms with E-state index in [9.17, 15) is 4.79 Å². The Kier molecular flexibility index (Phi) is 8.33. The van der Waals surface area contributed by atoms with Crippen molar-refractivity contribution >= 4 is 5.91 Å². The number of rotatable bonds is 8. The maximum atomic E-state index is 11.4. The number of aliphatic hydroxyl groups is 1. The topological polar surface area (TPSA) is 75.4 Å². The van der Waals surface area contributed by atoms with E-state index in [1.54, 1.807) is 0 Å². The molecule has 0 fully saturated rings. The SMILES string of the molecule is CCCC(N)CC(=O)NC(C)CCCO. The largest absolute Gasteiger partial charge is 0.396 e. The predicted octanol–water partition coefficient (Wildman–Crippen LogP) is 0.781. The lowest BCUT2D eigenvalue weighted by atomic mass is 10.1. The molecule has 0 bridgehead atoms. The van der Waals surface area contributed by atoms with Crippen LogP contribution < -0.4 is 11.1 Å². The average molecular weight is 216 g/mol. The van der Waals surface area contributed by atoms with E-state index in [1.165, 1.54) is 0 Å². The Bertz CT molecular complexity index is 174. The van der Waals surface area contributed by atoms with Crippen molar-refractivity contribution in [2.75, 3.05) is 6.61 Å². The molecule has 0 aliphatic carbocycles. The van der Waals surface area contributed by atoms with Gasteiger partial charge in [-0.15, -0.1) is 0 Å². The fourth-order valence-electron chi connectivity index (χ4n) is 1.51. The first-order chi connectivity index (χ1) is 7.10. The van der Waals surface area contributed by atoms with Crippen LogP contribution in [0.25, 0.3) is 0 Å². The van der Waals surface area contributed by atoms with Crippen molar-refractivity contribution in [1.29, 1.82) is 0 Å². The van der Waals surface area contributed by atoms with Gasteiger partial charge in [-0.3, -0.25) is 4.79 Å². The first-order valence-corrected chi connectivity index (χ1v) is 5.76. The Labute approximate surface area is 92.2 Å². The van der Waals surface area contributed by atoms with Gasteiger partial charge in [-0.1, -0.05) is 13.3 Å². The highest BCUT2D eigenvalue weighted by molar-refractivity contribution is 5.76. The van der Waals surface area contributed by atoms with Crippen molar-refractivity contribution in [2.24, 2.45) is 5.73 Å². The summed E-state index contributed by atoms with van der Waals surface area (Å²) in [7, 11) is 0. The van der Waals surface area contributed by atoms with Gasteiger partial charge in [0.25, 0.3) is 0 Å². The highest BCUT2D eigenvalue weighted by Crippen LogP contribution is 2.00. The predicted molar refractivity (Wildman–Crippen MR) is 61.4 cm³/mol. The van der Waals surface area contributed by atoms with Crippen molar-refractivity contribution in [1.82, 2.24) is 5.32 Å². The molecule has 0 saturated heterocycles. The van der Waals surface area contributed by atoms with Gasteiger partial charge >= 0.3 is 0 Å². The summed E-state index contributed by atoms with van der Waals surface area (Å²) in [6, 6.07) is 0.0959. The lowest BCUT2D eigenvalue weighted by molar-refractivity contribution is -0.122. The number of nitrogens with one attached hydrogen (secondary N) is 1. The molecule has 0 saturated carbocycles. The molecule has 0 spiro atoms. The van der Waals surface area contributed by atoms with Crippen LogP contribution >= 0.6 is 0 Å². The molecule has 0 radical (unpaired) electrons. The number of aliphatic hydroxyl groups excluding tert-OH is 1. The summed E-state index contributed by atoms with van der Waals surface area (Å²) < 4.78 is 0. The van der Waals surface area contributed by atoms with Gasteiger partial charge in [-0.05, 0) is 26.2 Å². The molecule has 0 rings (SSSR count). The molecule has 4 N–H and O–H groups in total. The van der Waals surface area contributed by atoms with Crippen molar-refractivity contribution < 1.29 is 9.90 Å². The van der Waals surface area contributed by atoms with Crippen LogP contribution in [0.1, 0.15) is 46.0 Å². The number of carbonyl (C=O) groups excluding carboxylic acids is 1. The van der Waals surface area contributed by atoms with E-state index >= 15 is 0 Å². The average Bonchev–Trinajstić information content (AvgIpc) is 2.14. The van der Waals surface area contributed by atoms with E-state index in [4.69, 9.17) is 10.8 Å². The molecule has 90 valence electrons. The highest BCUT2D eigenvalue weighted by atomic mass is 16.2. The second-order valence-corrected chi connectivity index (χ2v) is 4.09. The normalized spacial score (nSPS) is 14.7. The number of carbonyl (C=O) groups is 1. The molecule has 4 nitrogen and oxygen atoms in total. The zero-order chi connectivity index (χ0) is 11.7. The summed E-state index contributed by atoms with van der Waals surface area (Å²) in [6.45, 7) is 4.18. The van der Waals surface area contributed by atoms with Crippen LogP contribution in [0.2, 0.25) is 0 Å². The molecule has 1 amide bonds. The molecule has 0 heterocycles. The summed E-state index contributed by atoms with van der Waals surface area (Å²) in [6.07, 6.45) is 3.83. The minimum atomic E-state index is -0.0277. The molecule has 4 heteroatoms. The lowest BCUT2D eigenvalue weighted by Gasteiger charge is -2.15. The monoisotopic (exact) mass is 216 g/mol. The van der Waals surface area contributed by atoms with E-state index in [0.717, 1.165) is 25.7 Å². The third-order valence-corrected chi connectivity index (χ3v) is 2.31.